The molecule has 0 atom stereocenters. The predicted molar refractivity (Wildman–Crippen MR) is 69.8 cm³/mol. The van der Waals surface area contributed by atoms with E-state index in [-0.39, 0.29) is 16.0 Å². The zero-order valence-electron chi connectivity index (χ0n) is 8.58. The number of pyridine rings is 1. The minimum Gasteiger partial charge on any atom is -0.258 e. The largest absolute Gasteiger partial charge is 0.320 e. The fraction of sp³-hybridized carbons (Fsp3) is 0. The van der Waals surface area contributed by atoms with Crippen molar-refractivity contribution in [3.05, 3.63) is 44.4 Å². The van der Waals surface area contributed by atoms with Gasteiger partial charge in [0.25, 0.3) is 0 Å². The molecule has 0 aliphatic carbocycles. The van der Waals surface area contributed by atoms with Crippen molar-refractivity contribution in [2.75, 3.05) is 0 Å². The van der Waals surface area contributed by atoms with Crippen LogP contribution < -0.4 is 0 Å². The maximum Gasteiger partial charge on any atom is 0.320 e. The van der Waals surface area contributed by atoms with Crippen LogP contribution in [0.1, 0.15) is 0 Å². The first-order valence-electron chi connectivity index (χ1n) is 4.53. The van der Waals surface area contributed by atoms with Gasteiger partial charge in [-0.1, -0.05) is 0 Å². The highest BCUT2D eigenvalue weighted by atomic mass is 79.9. The van der Waals surface area contributed by atoms with E-state index in [9.17, 15) is 10.1 Å². The summed E-state index contributed by atoms with van der Waals surface area (Å²) in [5.41, 5.74) is -0.207. The van der Waals surface area contributed by atoms with Gasteiger partial charge in [0.15, 0.2) is 5.03 Å². The molecule has 0 unspecified atom stereocenters. The zero-order valence-corrected chi connectivity index (χ0v) is 11.7. The molecule has 0 aromatic carbocycles. The lowest BCUT2D eigenvalue weighted by Crippen LogP contribution is -1.96. The molecule has 0 spiro atoms. The molecule has 0 aliphatic rings. The Morgan fingerprint density at radius 1 is 1.39 bits per heavy atom. The summed E-state index contributed by atoms with van der Waals surface area (Å²) in [6.45, 7) is 0. The van der Waals surface area contributed by atoms with Crippen molar-refractivity contribution in [2.24, 2.45) is 0 Å². The number of halogens is 2. The van der Waals surface area contributed by atoms with Crippen molar-refractivity contribution in [3.63, 3.8) is 0 Å². The first kappa shape index (κ1) is 13.2. The van der Waals surface area contributed by atoms with E-state index in [1.165, 1.54) is 0 Å². The number of hydrogen-bond acceptors (Lipinski definition) is 6. The number of hydrogen-bond donors (Lipinski definition) is 0. The molecule has 2 heterocycles. The van der Waals surface area contributed by atoms with Crippen molar-refractivity contribution in [1.82, 2.24) is 15.0 Å². The van der Waals surface area contributed by atoms with Crippen molar-refractivity contribution in [3.8, 4) is 0 Å². The zero-order chi connectivity index (χ0) is 13.1. The molecule has 0 saturated carbocycles. The van der Waals surface area contributed by atoms with Crippen LogP contribution in [0.3, 0.4) is 0 Å². The van der Waals surface area contributed by atoms with Crippen LogP contribution in [0.5, 0.6) is 0 Å². The molecule has 0 fully saturated rings. The minimum atomic E-state index is -0.560. The highest BCUT2D eigenvalue weighted by Gasteiger charge is 2.19. The van der Waals surface area contributed by atoms with E-state index in [0.29, 0.717) is 5.03 Å². The van der Waals surface area contributed by atoms with Crippen molar-refractivity contribution >= 4 is 45.0 Å². The third-order valence-corrected chi connectivity index (χ3v) is 3.92. The highest BCUT2D eigenvalue weighted by Crippen LogP contribution is 2.35. The molecule has 0 aliphatic heterocycles. The van der Waals surface area contributed by atoms with Gasteiger partial charge in [0.2, 0.25) is 5.28 Å². The Morgan fingerprint density at radius 2 is 2.17 bits per heavy atom. The number of rotatable bonds is 3. The first-order valence-corrected chi connectivity index (χ1v) is 6.52. The molecule has 0 saturated heterocycles. The lowest BCUT2D eigenvalue weighted by molar-refractivity contribution is -0.388. The monoisotopic (exact) mass is 346 g/mol. The van der Waals surface area contributed by atoms with Crippen molar-refractivity contribution in [2.45, 2.75) is 10.1 Å². The average molecular weight is 348 g/mol. The summed E-state index contributed by atoms with van der Waals surface area (Å²) >= 11 is 9.99. The van der Waals surface area contributed by atoms with E-state index < -0.39 is 4.92 Å². The van der Waals surface area contributed by atoms with Gasteiger partial charge in [-0.2, -0.15) is 0 Å². The Bertz CT molecular complexity index is 613. The minimum absolute atomic E-state index is 0.0462. The maximum absolute atomic E-state index is 10.8. The Kier molecular flexibility index (Phi) is 4.10. The van der Waals surface area contributed by atoms with E-state index >= 15 is 0 Å². The second-order valence-corrected chi connectivity index (χ2v) is 5.15. The molecule has 18 heavy (non-hydrogen) atoms. The molecule has 2 rings (SSSR count). The van der Waals surface area contributed by atoms with Crippen LogP contribution in [0.4, 0.5) is 5.69 Å². The summed E-state index contributed by atoms with van der Waals surface area (Å²) < 4.78 is 0.721. The standard InChI is InChI=1S/C9H4BrClN4O2S/c10-5-2-1-3-12-7(5)18-8-6(15(16)17)4-13-9(11)14-8/h1-4H. The molecular formula is C9H4BrClN4O2S. The van der Waals surface area contributed by atoms with Crippen LogP contribution in [0.15, 0.2) is 39.1 Å². The van der Waals surface area contributed by atoms with Crippen LogP contribution in [-0.4, -0.2) is 19.9 Å². The van der Waals surface area contributed by atoms with Crippen LogP contribution >= 0.6 is 39.3 Å². The summed E-state index contributed by atoms with van der Waals surface area (Å²) in [6.07, 6.45) is 2.66. The quantitative estimate of drug-likeness (QED) is 0.366. The van der Waals surface area contributed by atoms with E-state index in [1.54, 1.807) is 18.3 Å². The van der Waals surface area contributed by atoms with Crippen LogP contribution in [0.25, 0.3) is 0 Å². The number of aromatic nitrogens is 3. The molecule has 6 nitrogen and oxygen atoms in total. The van der Waals surface area contributed by atoms with Gasteiger partial charge in [-0.15, -0.1) is 0 Å². The van der Waals surface area contributed by atoms with Gasteiger partial charge in [-0.05, 0) is 51.4 Å². The summed E-state index contributed by atoms with van der Waals surface area (Å²) in [5, 5.41) is 11.5. The van der Waals surface area contributed by atoms with Crippen LogP contribution in [0.2, 0.25) is 5.28 Å². The van der Waals surface area contributed by atoms with E-state index in [4.69, 9.17) is 11.6 Å². The van der Waals surface area contributed by atoms with Gasteiger partial charge in [0.05, 0.1) is 9.40 Å². The molecule has 92 valence electrons. The molecule has 0 radical (unpaired) electrons. The first-order chi connectivity index (χ1) is 8.58. The van der Waals surface area contributed by atoms with E-state index in [1.807, 2.05) is 0 Å². The van der Waals surface area contributed by atoms with Gasteiger partial charge in [0, 0.05) is 6.20 Å². The predicted octanol–water partition coefficient (Wildman–Crippen LogP) is 3.35. The summed E-state index contributed by atoms with van der Waals surface area (Å²) in [4.78, 5) is 21.8. The number of nitrogens with zero attached hydrogens (tertiary/aromatic N) is 4. The van der Waals surface area contributed by atoms with E-state index in [2.05, 4.69) is 30.9 Å². The molecular weight excluding hydrogens is 344 g/mol. The van der Waals surface area contributed by atoms with Crippen LogP contribution in [0, 0.1) is 10.1 Å². The average Bonchev–Trinajstić information content (AvgIpc) is 2.32. The molecule has 0 amide bonds. The third kappa shape index (κ3) is 2.95. The second-order valence-electron chi connectivity index (χ2n) is 2.98. The molecule has 2 aromatic rings. The topological polar surface area (TPSA) is 81.8 Å². The fourth-order valence-electron chi connectivity index (χ4n) is 1.08. The SMILES string of the molecule is O=[N+]([O-])c1cnc(Cl)nc1Sc1ncccc1Br. The number of nitro groups is 1. The van der Waals surface area contributed by atoms with Gasteiger partial charge >= 0.3 is 5.69 Å². The van der Waals surface area contributed by atoms with Crippen LogP contribution in [-0.2, 0) is 0 Å². The second kappa shape index (κ2) is 5.59. The Hall–Kier alpha value is -1.25. The normalized spacial score (nSPS) is 10.3. The Balaban J connectivity index is 2.42. The fourth-order valence-corrected chi connectivity index (χ4v) is 2.59. The summed E-state index contributed by atoms with van der Waals surface area (Å²) in [6, 6.07) is 3.53. The third-order valence-electron chi connectivity index (χ3n) is 1.82. The van der Waals surface area contributed by atoms with Gasteiger partial charge in [-0.3, -0.25) is 10.1 Å². The van der Waals surface area contributed by atoms with E-state index in [0.717, 1.165) is 22.4 Å². The van der Waals surface area contributed by atoms with Crippen molar-refractivity contribution < 1.29 is 4.92 Å². The summed E-state index contributed by atoms with van der Waals surface area (Å²) in [5.74, 6) is 0. The molecule has 9 heteroatoms. The molecule has 0 N–H and O–H groups in total. The lowest BCUT2D eigenvalue weighted by atomic mass is 10.5. The van der Waals surface area contributed by atoms with Gasteiger partial charge in [-0.25, -0.2) is 15.0 Å². The maximum atomic E-state index is 10.8. The van der Waals surface area contributed by atoms with Gasteiger partial charge in [0.1, 0.15) is 11.2 Å². The highest BCUT2D eigenvalue weighted by molar-refractivity contribution is 9.10. The summed E-state index contributed by atoms with van der Waals surface area (Å²) in [7, 11) is 0. The van der Waals surface area contributed by atoms with Crippen molar-refractivity contribution in [1.29, 1.82) is 0 Å². The Morgan fingerprint density at radius 3 is 2.83 bits per heavy atom. The van der Waals surface area contributed by atoms with Gasteiger partial charge < -0.3 is 0 Å². The molecule has 0 bridgehead atoms. The smallest absolute Gasteiger partial charge is 0.258 e. The molecule has 2 aromatic heterocycles. The Labute approximate surface area is 119 Å². The lowest BCUT2D eigenvalue weighted by Gasteiger charge is -2.02.